The molecule has 1 atom stereocenters. The summed E-state index contributed by atoms with van der Waals surface area (Å²) >= 11 is 0. The lowest BCUT2D eigenvalue weighted by molar-refractivity contribution is 0.0250. The van der Waals surface area contributed by atoms with Crippen molar-refractivity contribution in [2.45, 2.75) is 25.6 Å². The standard InChI is InChI=1S/C12H15F2NO/c13-10-4-9(5-11(14)6-10)8-16-12-2-1-3-15-7-12/h4-6,12,15H,1-3,7-8H2/t12-/m1/s1. The average molecular weight is 227 g/mol. The molecule has 1 N–H and O–H groups in total. The minimum atomic E-state index is -0.555. The number of hydrogen-bond donors (Lipinski definition) is 1. The molecule has 1 heterocycles. The highest BCUT2D eigenvalue weighted by Crippen LogP contribution is 2.12. The lowest BCUT2D eigenvalue weighted by Crippen LogP contribution is -2.35. The molecule has 0 spiro atoms. The van der Waals surface area contributed by atoms with Crippen LogP contribution in [0.2, 0.25) is 0 Å². The zero-order valence-corrected chi connectivity index (χ0v) is 9.01. The van der Waals surface area contributed by atoms with E-state index in [2.05, 4.69) is 5.32 Å². The first-order valence-electron chi connectivity index (χ1n) is 5.51. The minimum Gasteiger partial charge on any atom is -0.372 e. The van der Waals surface area contributed by atoms with Crippen LogP contribution in [0.3, 0.4) is 0 Å². The van der Waals surface area contributed by atoms with Gasteiger partial charge in [-0.1, -0.05) is 0 Å². The summed E-state index contributed by atoms with van der Waals surface area (Å²) in [6.07, 6.45) is 2.24. The van der Waals surface area contributed by atoms with Crippen molar-refractivity contribution >= 4 is 0 Å². The Labute approximate surface area is 93.6 Å². The van der Waals surface area contributed by atoms with Crippen molar-refractivity contribution in [3.63, 3.8) is 0 Å². The molecule has 0 aromatic heterocycles. The fourth-order valence-electron chi connectivity index (χ4n) is 1.87. The van der Waals surface area contributed by atoms with E-state index in [0.717, 1.165) is 32.0 Å². The van der Waals surface area contributed by atoms with E-state index in [9.17, 15) is 8.78 Å². The Balaban J connectivity index is 1.88. The summed E-state index contributed by atoms with van der Waals surface area (Å²) in [4.78, 5) is 0. The molecule has 0 bridgehead atoms. The highest BCUT2D eigenvalue weighted by molar-refractivity contribution is 5.16. The SMILES string of the molecule is Fc1cc(F)cc(CO[C@@H]2CCCNC2)c1. The van der Waals surface area contributed by atoms with Gasteiger partial charge in [0.15, 0.2) is 0 Å². The molecule has 2 nitrogen and oxygen atoms in total. The lowest BCUT2D eigenvalue weighted by Gasteiger charge is -2.23. The predicted octanol–water partition coefficient (Wildman–Crippen LogP) is 2.23. The Morgan fingerprint density at radius 3 is 2.62 bits per heavy atom. The Hall–Kier alpha value is -1.00. The third-order valence-electron chi connectivity index (χ3n) is 2.66. The zero-order chi connectivity index (χ0) is 11.4. The van der Waals surface area contributed by atoms with E-state index in [1.165, 1.54) is 12.1 Å². The first-order chi connectivity index (χ1) is 7.74. The number of piperidine rings is 1. The molecule has 0 unspecified atom stereocenters. The van der Waals surface area contributed by atoms with E-state index >= 15 is 0 Å². The lowest BCUT2D eigenvalue weighted by atomic mass is 10.1. The van der Waals surface area contributed by atoms with Crippen LogP contribution in [0.1, 0.15) is 18.4 Å². The van der Waals surface area contributed by atoms with Gasteiger partial charge in [0, 0.05) is 12.6 Å². The fraction of sp³-hybridized carbons (Fsp3) is 0.500. The first kappa shape index (κ1) is 11.5. The maximum Gasteiger partial charge on any atom is 0.126 e. The van der Waals surface area contributed by atoms with Crippen LogP contribution >= 0.6 is 0 Å². The van der Waals surface area contributed by atoms with E-state index in [1.54, 1.807) is 0 Å². The Morgan fingerprint density at radius 2 is 2.00 bits per heavy atom. The fourth-order valence-corrected chi connectivity index (χ4v) is 1.87. The van der Waals surface area contributed by atoms with Crippen molar-refractivity contribution in [2.75, 3.05) is 13.1 Å². The van der Waals surface area contributed by atoms with Gasteiger partial charge in [-0.05, 0) is 37.1 Å². The van der Waals surface area contributed by atoms with Gasteiger partial charge in [0.25, 0.3) is 0 Å². The number of hydrogen-bond acceptors (Lipinski definition) is 2. The van der Waals surface area contributed by atoms with Crippen molar-refractivity contribution < 1.29 is 13.5 Å². The van der Waals surface area contributed by atoms with E-state index in [1.807, 2.05) is 0 Å². The van der Waals surface area contributed by atoms with E-state index in [4.69, 9.17) is 4.74 Å². The van der Waals surface area contributed by atoms with Crippen molar-refractivity contribution in [3.8, 4) is 0 Å². The van der Waals surface area contributed by atoms with Crippen LogP contribution in [-0.2, 0) is 11.3 Å². The molecule has 1 aromatic rings. The highest BCUT2D eigenvalue weighted by atomic mass is 19.1. The van der Waals surface area contributed by atoms with E-state index < -0.39 is 11.6 Å². The molecule has 4 heteroatoms. The summed E-state index contributed by atoms with van der Waals surface area (Å²) < 4.78 is 31.4. The third-order valence-corrected chi connectivity index (χ3v) is 2.66. The molecule has 0 saturated carbocycles. The van der Waals surface area contributed by atoms with Crippen LogP contribution in [0.5, 0.6) is 0 Å². The summed E-state index contributed by atoms with van der Waals surface area (Å²) in [6.45, 7) is 2.10. The zero-order valence-electron chi connectivity index (χ0n) is 9.01. The Kier molecular flexibility index (Phi) is 3.85. The second-order valence-corrected chi connectivity index (χ2v) is 4.06. The van der Waals surface area contributed by atoms with Gasteiger partial charge in [0.2, 0.25) is 0 Å². The first-order valence-corrected chi connectivity index (χ1v) is 5.51. The van der Waals surface area contributed by atoms with Crippen molar-refractivity contribution in [1.82, 2.24) is 5.32 Å². The second kappa shape index (κ2) is 5.37. The number of rotatable bonds is 3. The molecule has 2 rings (SSSR count). The molecule has 88 valence electrons. The molecular formula is C12H15F2NO. The average Bonchev–Trinajstić information content (AvgIpc) is 2.27. The molecule has 0 aliphatic carbocycles. The summed E-state index contributed by atoms with van der Waals surface area (Å²) in [5.41, 5.74) is 0.545. The molecule has 1 saturated heterocycles. The third kappa shape index (κ3) is 3.25. The quantitative estimate of drug-likeness (QED) is 0.855. The second-order valence-electron chi connectivity index (χ2n) is 4.06. The summed E-state index contributed by atoms with van der Waals surface area (Å²) in [6, 6.07) is 3.48. The van der Waals surface area contributed by atoms with Crippen LogP contribution < -0.4 is 5.32 Å². The molecule has 1 fully saturated rings. The number of ether oxygens (including phenoxy) is 1. The van der Waals surface area contributed by atoms with Gasteiger partial charge in [0.05, 0.1) is 12.7 Å². The van der Waals surface area contributed by atoms with Crippen LogP contribution in [0.25, 0.3) is 0 Å². The van der Waals surface area contributed by atoms with Gasteiger partial charge in [-0.25, -0.2) is 8.78 Å². The van der Waals surface area contributed by atoms with E-state index in [0.29, 0.717) is 5.56 Å². The van der Waals surface area contributed by atoms with Gasteiger partial charge < -0.3 is 10.1 Å². The van der Waals surface area contributed by atoms with E-state index in [-0.39, 0.29) is 12.7 Å². The van der Waals surface area contributed by atoms with Crippen LogP contribution in [-0.4, -0.2) is 19.2 Å². The molecule has 1 aliphatic heterocycles. The van der Waals surface area contributed by atoms with Crippen molar-refractivity contribution in [1.29, 1.82) is 0 Å². The van der Waals surface area contributed by atoms with Crippen molar-refractivity contribution in [3.05, 3.63) is 35.4 Å². The van der Waals surface area contributed by atoms with Crippen LogP contribution in [0.4, 0.5) is 8.78 Å². The smallest absolute Gasteiger partial charge is 0.126 e. The maximum atomic E-state index is 12.9. The predicted molar refractivity (Wildman–Crippen MR) is 57.0 cm³/mol. The van der Waals surface area contributed by atoms with Gasteiger partial charge in [0.1, 0.15) is 11.6 Å². The van der Waals surface area contributed by atoms with Gasteiger partial charge >= 0.3 is 0 Å². The highest BCUT2D eigenvalue weighted by Gasteiger charge is 2.13. The van der Waals surface area contributed by atoms with Gasteiger partial charge in [-0.15, -0.1) is 0 Å². The normalized spacial score (nSPS) is 21.0. The summed E-state index contributed by atoms with van der Waals surface area (Å²) in [7, 11) is 0. The minimum absolute atomic E-state index is 0.153. The van der Waals surface area contributed by atoms with Gasteiger partial charge in [-0.2, -0.15) is 0 Å². The maximum absolute atomic E-state index is 12.9. The number of halogens is 2. The topological polar surface area (TPSA) is 21.3 Å². The Morgan fingerprint density at radius 1 is 1.25 bits per heavy atom. The van der Waals surface area contributed by atoms with Crippen LogP contribution in [0.15, 0.2) is 18.2 Å². The van der Waals surface area contributed by atoms with Crippen molar-refractivity contribution in [2.24, 2.45) is 0 Å². The molecule has 16 heavy (non-hydrogen) atoms. The van der Waals surface area contributed by atoms with Crippen LogP contribution in [0, 0.1) is 11.6 Å². The number of nitrogens with one attached hydrogen (secondary N) is 1. The number of benzene rings is 1. The molecular weight excluding hydrogens is 212 g/mol. The molecule has 1 aromatic carbocycles. The molecule has 0 amide bonds. The Bertz CT molecular complexity index is 331. The molecule has 0 radical (unpaired) electrons. The van der Waals surface area contributed by atoms with Gasteiger partial charge in [-0.3, -0.25) is 0 Å². The largest absolute Gasteiger partial charge is 0.372 e. The summed E-state index contributed by atoms with van der Waals surface area (Å²) in [5, 5.41) is 3.22. The summed E-state index contributed by atoms with van der Waals surface area (Å²) in [5.74, 6) is -1.11. The molecule has 1 aliphatic rings. The monoisotopic (exact) mass is 227 g/mol.